The van der Waals surface area contributed by atoms with E-state index in [1.807, 2.05) is 32.0 Å². The van der Waals surface area contributed by atoms with Crippen molar-refractivity contribution in [3.8, 4) is 11.3 Å². The molecule has 0 radical (unpaired) electrons. The van der Waals surface area contributed by atoms with Crippen molar-refractivity contribution in [3.05, 3.63) is 58.5 Å². The van der Waals surface area contributed by atoms with Gasteiger partial charge in [0.2, 0.25) is 0 Å². The Balaban J connectivity index is 2.31. The number of aromatic nitrogens is 2. The Labute approximate surface area is 121 Å². The Hall–Kier alpha value is -2.00. The van der Waals surface area contributed by atoms with Gasteiger partial charge in [-0.15, -0.1) is 0 Å². The molecule has 0 saturated heterocycles. The first-order chi connectivity index (χ1) is 9.56. The van der Waals surface area contributed by atoms with Gasteiger partial charge < -0.3 is 0 Å². The number of rotatable bonds is 1. The summed E-state index contributed by atoms with van der Waals surface area (Å²) in [6, 6.07) is 10.1. The summed E-state index contributed by atoms with van der Waals surface area (Å²) in [5.74, 6) is -0.292. The highest BCUT2D eigenvalue weighted by atomic mass is 35.5. The first-order valence-electron chi connectivity index (χ1n) is 6.25. The van der Waals surface area contributed by atoms with Crippen LogP contribution in [0.25, 0.3) is 22.3 Å². The van der Waals surface area contributed by atoms with Crippen LogP contribution in [0, 0.1) is 19.7 Å². The highest BCUT2D eigenvalue weighted by molar-refractivity contribution is 6.35. The van der Waals surface area contributed by atoms with E-state index in [4.69, 9.17) is 11.6 Å². The predicted molar refractivity (Wildman–Crippen MR) is 79.4 cm³/mol. The second-order valence-electron chi connectivity index (χ2n) is 4.73. The molecule has 0 aliphatic carbocycles. The molecule has 0 unspecified atom stereocenters. The van der Waals surface area contributed by atoms with Crippen LogP contribution in [0.15, 0.2) is 36.4 Å². The summed E-state index contributed by atoms with van der Waals surface area (Å²) in [7, 11) is 0. The van der Waals surface area contributed by atoms with E-state index in [1.165, 1.54) is 12.1 Å². The minimum absolute atomic E-state index is 0.292. The van der Waals surface area contributed by atoms with E-state index in [-0.39, 0.29) is 5.82 Å². The first kappa shape index (κ1) is 13.0. The number of halogens is 2. The SMILES string of the molecule is Cc1ccc2nc(C)c(-c3cccc(F)c3)nc2c1Cl. The van der Waals surface area contributed by atoms with E-state index in [0.717, 1.165) is 16.8 Å². The van der Waals surface area contributed by atoms with Gasteiger partial charge in [-0.05, 0) is 37.6 Å². The van der Waals surface area contributed by atoms with Gasteiger partial charge in [0.05, 0.1) is 21.9 Å². The zero-order chi connectivity index (χ0) is 14.3. The molecule has 3 rings (SSSR count). The van der Waals surface area contributed by atoms with Gasteiger partial charge in [-0.3, -0.25) is 0 Å². The molecule has 4 heteroatoms. The summed E-state index contributed by atoms with van der Waals surface area (Å²) in [5.41, 5.74) is 4.46. The number of fused-ring (bicyclic) bond motifs is 1. The van der Waals surface area contributed by atoms with E-state index in [2.05, 4.69) is 9.97 Å². The molecular weight excluding hydrogens is 275 g/mol. The molecule has 2 aromatic carbocycles. The van der Waals surface area contributed by atoms with Crippen molar-refractivity contribution in [3.63, 3.8) is 0 Å². The topological polar surface area (TPSA) is 25.8 Å². The fourth-order valence-electron chi connectivity index (χ4n) is 2.19. The van der Waals surface area contributed by atoms with E-state index >= 15 is 0 Å². The Bertz CT molecular complexity index is 815. The molecule has 2 nitrogen and oxygen atoms in total. The van der Waals surface area contributed by atoms with Crippen LogP contribution in [0.5, 0.6) is 0 Å². The molecule has 20 heavy (non-hydrogen) atoms. The molecule has 1 aromatic heterocycles. The van der Waals surface area contributed by atoms with Crippen LogP contribution in [0.3, 0.4) is 0 Å². The number of nitrogens with zero attached hydrogens (tertiary/aromatic N) is 2. The lowest BCUT2D eigenvalue weighted by Gasteiger charge is -2.09. The van der Waals surface area contributed by atoms with Gasteiger partial charge in [-0.25, -0.2) is 14.4 Å². The van der Waals surface area contributed by atoms with Crippen molar-refractivity contribution in [2.24, 2.45) is 0 Å². The highest BCUT2D eigenvalue weighted by Gasteiger charge is 2.11. The van der Waals surface area contributed by atoms with E-state index in [9.17, 15) is 4.39 Å². The standard InChI is InChI=1S/C16H12ClFN2/c1-9-6-7-13-16(14(9)17)20-15(10(2)19-13)11-4-3-5-12(18)8-11/h3-8H,1-2H3. The maximum Gasteiger partial charge on any atom is 0.123 e. The molecule has 0 aliphatic heterocycles. The quantitative estimate of drug-likeness (QED) is 0.647. The molecule has 0 bridgehead atoms. The normalized spacial score (nSPS) is 11.0. The first-order valence-corrected chi connectivity index (χ1v) is 6.63. The highest BCUT2D eigenvalue weighted by Crippen LogP contribution is 2.28. The van der Waals surface area contributed by atoms with E-state index in [0.29, 0.717) is 21.8 Å². The van der Waals surface area contributed by atoms with Crippen molar-refractivity contribution in [2.45, 2.75) is 13.8 Å². The number of aryl methyl sites for hydroxylation is 2. The van der Waals surface area contributed by atoms with E-state index in [1.54, 1.807) is 6.07 Å². The van der Waals surface area contributed by atoms with Gasteiger partial charge >= 0.3 is 0 Å². The van der Waals surface area contributed by atoms with Crippen molar-refractivity contribution in [2.75, 3.05) is 0 Å². The average Bonchev–Trinajstić information content (AvgIpc) is 2.43. The maximum absolute atomic E-state index is 13.4. The van der Waals surface area contributed by atoms with Gasteiger partial charge in [0.1, 0.15) is 11.3 Å². The fraction of sp³-hybridized carbons (Fsp3) is 0.125. The predicted octanol–water partition coefficient (Wildman–Crippen LogP) is 4.71. The minimum atomic E-state index is -0.292. The monoisotopic (exact) mass is 286 g/mol. The third kappa shape index (κ3) is 2.14. The Kier molecular flexibility index (Phi) is 3.14. The molecular formula is C16H12ClFN2. The lowest BCUT2D eigenvalue weighted by atomic mass is 10.1. The number of hydrogen-bond donors (Lipinski definition) is 0. The molecule has 3 aromatic rings. The molecule has 0 atom stereocenters. The molecule has 1 heterocycles. The fourth-order valence-corrected chi connectivity index (χ4v) is 2.39. The Morgan fingerprint density at radius 2 is 1.85 bits per heavy atom. The van der Waals surface area contributed by atoms with Crippen LogP contribution in [-0.4, -0.2) is 9.97 Å². The Morgan fingerprint density at radius 3 is 2.60 bits per heavy atom. The molecule has 0 spiro atoms. The van der Waals surface area contributed by atoms with E-state index < -0.39 is 0 Å². The van der Waals surface area contributed by atoms with Gasteiger partial charge in [-0.1, -0.05) is 29.8 Å². The third-order valence-corrected chi connectivity index (χ3v) is 3.72. The summed E-state index contributed by atoms with van der Waals surface area (Å²) in [5, 5.41) is 0.590. The van der Waals surface area contributed by atoms with Crippen molar-refractivity contribution in [1.29, 1.82) is 0 Å². The zero-order valence-electron chi connectivity index (χ0n) is 11.1. The molecule has 0 amide bonds. The zero-order valence-corrected chi connectivity index (χ0v) is 11.9. The second kappa shape index (κ2) is 4.84. The van der Waals surface area contributed by atoms with Crippen molar-refractivity contribution < 1.29 is 4.39 Å². The molecule has 0 saturated carbocycles. The lowest BCUT2D eigenvalue weighted by molar-refractivity contribution is 0.628. The van der Waals surface area contributed by atoms with Crippen molar-refractivity contribution >= 4 is 22.6 Å². The maximum atomic E-state index is 13.4. The smallest absolute Gasteiger partial charge is 0.123 e. The summed E-state index contributed by atoms with van der Waals surface area (Å²) in [4.78, 5) is 9.10. The molecule has 100 valence electrons. The van der Waals surface area contributed by atoms with Crippen LogP contribution in [0.2, 0.25) is 5.02 Å². The minimum Gasteiger partial charge on any atom is -0.249 e. The number of benzene rings is 2. The van der Waals surface area contributed by atoms with Crippen LogP contribution in [-0.2, 0) is 0 Å². The number of hydrogen-bond acceptors (Lipinski definition) is 2. The summed E-state index contributed by atoms with van der Waals surface area (Å²) >= 11 is 6.29. The summed E-state index contributed by atoms with van der Waals surface area (Å²) in [6.07, 6.45) is 0. The molecule has 0 aliphatic rings. The molecule has 0 N–H and O–H groups in total. The van der Waals surface area contributed by atoms with Gasteiger partial charge in [0, 0.05) is 5.56 Å². The Morgan fingerprint density at radius 1 is 1.05 bits per heavy atom. The van der Waals surface area contributed by atoms with Crippen molar-refractivity contribution in [1.82, 2.24) is 9.97 Å². The largest absolute Gasteiger partial charge is 0.249 e. The van der Waals surface area contributed by atoms with Gasteiger partial charge in [-0.2, -0.15) is 0 Å². The summed E-state index contributed by atoms with van der Waals surface area (Å²) < 4.78 is 13.4. The lowest BCUT2D eigenvalue weighted by Crippen LogP contribution is -1.96. The van der Waals surface area contributed by atoms with Crippen LogP contribution >= 0.6 is 11.6 Å². The van der Waals surface area contributed by atoms with Crippen LogP contribution in [0.4, 0.5) is 4.39 Å². The third-order valence-electron chi connectivity index (χ3n) is 3.24. The van der Waals surface area contributed by atoms with Gasteiger partial charge in [0.15, 0.2) is 0 Å². The second-order valence-corrected chi connectivity index (χ2v) is 5.11. The molecule has 0 fully saturated rings. The average molecular weight is 287 g/mol. The van der Waals surface area contributed by atoms with Crippen LogP contribution < -0.4 is 0 Å². The summed E-state index contributed by atoms with van der Waals surface area (Å²) in [6.45, 7) is 3.78. The van der Waals surface area contributed by atoms with Crippen LogP contribution in [0.1, 0.15) is 11.3 Å². The van der Waals surface area contributed by atoms with Gasteiger partial charge in [0.25, 0.3) is 0 Å².